The van der Waals surface area contributed by atoms with Gasteiger partial charge in [0.25, 0.3) is 0 Å². The number of carbonyl (C=O) groups is 1. The van der Waals surface area contributed by atoms with Crippen LogP contribution in [0.25, 0.3) is 0 Å². The third-order valence-electron chi connectivity index (χ3n) is 6.99. The van der Waals surface area contributed by atoms with Gasteiger partial charge in [-0.2, -0.15) is 4.57 Å². The lowest BCUT2D eigenvalue weighted by Gasteiger charge is -2.14. The number of nitrogens with one attached hydrogen (secondary N) is 2. The van der Waals surface area contributed by atoms with E-state index >= 15 is 0 Å². The highest BCUT2D eigenvalue weighted by Crippen LogP contribution is 2.30. The molecule has 2 amide bonds. The van der Waals surface area contributed by atoms with Gasteiger partial charge in [-0.1, -0.05) is 101 Å². The molecule has 3 rings (SSSR count). The van der Waals surface area contributed by atoms with Crippen LogP contribution in [-0.2, 0) is 6.54 Å². The maximum absolute atomic E-state index is 12.7. The molecule has 6 nitrogen and oxygen atoms in total. The average Bonchev–Trinajstić information content (AvgIpc) is 3.37. The van der Waals surface area contributed by atoms with Crippen molar-refractivity contribution >= 4 is 28.7 Å². The highest BCUT2D eigenvalue weighted by atomic mass is 32.1. The molecule has 0 aliphatic heterocycles. The van der Waals surface area contributed by atoms with Crippen LogP contribution in [0.2, 0.25) is 0 Å². The molecule has 2 N–H and O–H groups in total. The number of methoxy groups -OCH3 is 1. The number of aromatic nitrogens is 1. The second-order valence-electron chi connectivity index (χ2n) is 10.5. The summed E-state index contributed by atoms with van der Waals surface area (Å²) in [5, 5.41) is 5.85. The van der Waals surface area contributed by atoms with Gasteiger partial charge < -0.3 is 20.1 Å². The summed E-state index contributed by atoms with van der Waals surface area (Å²) in [6.07, 6.45) is 17.8. The number of rotatable bonds is 19. The summed E-state index contributed by atoms with van der Waals surface area (Å²) < 4.78 is 13.6. The number of urea groups is 1. The smallest absolute Gasteiger partial charge is 0.323 e. The summed E-state index contributed by atoms with van der Waals surface area (Å²) in [5.74, 6) is 1.32. The van der Waals surface area contributed by atoms with Crippen molar-refractivity contribution in [2.45, 2.75) is 97.4 Å². The first-order chi connectivity index (χ1) is 19.6. The molecule has 2 aromatic carbocycles. The third-order valence-corrected chi connectivity index (χ3v) is 7.84. The van der Waals surface area contributed by atoms with E-state index in [-0.39, 0.29) is 6.03 Å². The van der Waals surface area contributed by atoms with Gasteiger partial charge in [0.1, 0.15) is 11.5 Å². The van der Waals surface area contributed by atoms with Crippen LogP contribution in [0.5, 0.6) is 11.5 Å². The Bertz CT molecular complexity index is 1130. The van der Waals surface area contributed by atoms with Crippen LogP contribution in [0.3, 0.4) is 0 Å². The Morgan fingerprint density at radius 3 is 2.10 bits per heavy atom. The van der Waals surface area contributed by atoms with Crippen LogP contribution in [0.1, 0.15) is 94.4 Å². The van der Waals surface area contributed by atoms with E-state index in [1.165, 1.54) is 74.6 Å². The molecular weight excluding hydrogens is 518 g/mol. The number of unbranched alkanes of at least 4 members (excludes halogenated alkanes) is 11. The van der Waals surface area contributed by atoms with Crippen molar-refractivity contribution in [3.05, 3.63) is 64.6 Å². The molecule has 0 bridgehead atoms. The van der Waals surface area contributed by atoms with E-state index < -0.39 is 0 Å². The predicted molar refractivity (Wildman–Crippen MR) is 167 cm³/mol. The summed E-state index contributed by atoms with van der Waals surface area (Å²) in [6, 6.07) is 13.1. The molecule has 218 valence electrons. The molecule has 0 aliphatic rings. The quantitative estimate of drug-likeness (QED) is 0.112. The van der Waals surface area contributed by atoms with Crippen molar-refractivity contribution in [2.24, 2.45) is 0 Å². The van der Waals surface area contributed by atoms with E-state index in [2.05, 4.69) is 40.8 Å². The lowest BCUT2D eigenvalue weighted by molar-refractivity contribution is -0.683. The molecule has 0 aliphatic carbocycles. The number of ether oxygens (including phenoxy) is 2. The van der Waals surface area contributed by atoms with Gasteiger partial charge in [-0.05, 0) is 37.6 Å². The van der Waals surface area contributed by atoms with E-state index in [0.29, 0.717) is 23.8 Å². The van der Waals surface area contributed by atoms with Gasteiger partial charge >= 0.3 is 6.03 Å². The van der Waals surface area contributed by atoms with E-state index in [9.17, 15) is 4.79 Å². The molecule has 3 aromatic rings. The van der Waals surface area contributed by atoms with Crippen LogP contribution in [0.15, 0.2) is 54.2 Å². The molecule has 0 unspecified atom stereocenters. The number of aryl methyl sites for hydroxylation is 1. The zero-order valence-corrected chi connectivity index (χ0v) is 25.5. The maximum atomic E-state index is 12.7. The fourth-order valence-corrected chi connectivity index (χ4v) is 5.33. The van der Waals surface area contributed by atoms with Gasteiger partial charge in [0.05, 0.1) is 24.3 Å². The van der Waals surface area contributed by atoms with Gasteiger partial charge in [-0.25, -0.2) is 4.79 Å². The van der Waals surface area contributed by atoms with E-state index in [0.717, 1.165) is 25.1 Å². The second kappa shape index (κ2) is 18.3. The van der Waals surface area contributed by atoms with Gasteiger partial charge in [0.2, 0.25) is 5.51 Å². The summed E-state index contributed by atoms with van der Waals surface area (Å²) >= 11 is 1.73. The SMILES string of the molecule is CCCCCCCCCCCCCCOc1cc(OC)ccc1NC(=O)Nc1ccc(C[n+]2csc(C)c2)cc1. The van der Waals surface area contributed by atoms with Crippen molar-refractivity contribution in [3.8, 4) is 11.5 Å². The van der Waals surface area contributed by atoms with Crippen molar-refractivity contribution < 1.29 is 18.8 Å². The van der Waals surface area contributed by atoms with Gasteiger partial charge in [-0.3, -0.25) is 0 Å². The van der Waals surface area contributed by atoms with E-state index in [4.69, 9.17) is 9.47 Å². The van der Waals surface area contributed by atoms with Crippen molar-refractivity contribution in [1.82, 2.24) is 0 Å². The Morgan fingerprint density at radius 2 is 1.50 bits per heavy atom. The molecule has 0 spiro atoms. The number of nitrogens with zero attached hydrogens (tertiary/aromatic N) is 1. The standard InChI is InChI=1S/C33H47N3O3S/c1-4-5-6-7-8-9-10-11-12-13-14-15-22-39-32-23-30(38-3)20-21-31(32)35-33(37)34-29-18-16-28(17-19-29)25-36-24-27(2)40-26-36/h16-21,23-24,26H,4-15,22,25H2,1-3H3,(H-,34,35,37)/p+1. The van der Waals surface area contributed by atoms with Crippen LogP contribution < -0.4 is 24.7 Å². The number of thiazole rings is 1. The molecule has 0 saturated heterocycles. The Hall–Kier alpha value is -3.06. The third kappa shape index (κ3) is 12.0. The lowest BCUT2D eigenvalue weighted by atomic mass is 10.1. The molecule has 0 fully saturated rings. The fourth-order valence-electron chi connectivity index (χ4n) is 4.69. The highest BCUT2D eigenvalue weighted by molar-refractivity contribution is 7.09. The summed E-state index contributed by atoms with van der Waals surface area (Å²) in [5.41, 5.74) is 4.65. The Kier molecular flexibility index (Phi) is 14.4. The van der Waals surface area contributed by atoms with Crippen LogP contribution >= 0.6 is 11.3 Å². The lowest BCUT2D eigenvalue weighted by Crippen LogP contribution is -2.30. The summed E-state index contributed by atoms with van der Waals surface area (Å²) in [7, 11) is 1.63. The first-order valence-electron chi connectivity index (χ1n) is 15.0. The number of hydrogen-bond donors (Lipinski definition) is 2. The molecule has 1 aromatic heterocycles. The molecule has 0 radical (unpaired) electrons. The maximum Gasteiger partial charge on any atom is 0.323 e. The largest absolute Gasteiger partial charge is 0.497 e. The van der Waals surface area contributed by atoms with Crippen LogP contribution in [0.4, 0.5) is 16.2 Å². The van der Waals surface area contributed by atoms with Gasteiger partial charge in [0.15, 0.2) is 12.7 Å². The van der Waals surface area contributed by atoms with Gasteiger partial charge in [-0.15, -0.1) is 0 Å². The van der Waals surface area contributed by atoms with Crippen LogP contribution in [-0.4, -0.2) is 19.7 Å². The number of amides is 2. The molecule has 1 heterocycles. The summed E-state index contributed by atoms with van der Waals surface area (Å²) in [4.78, 5) is 14.0. The minimum Gasteiger partial charge on any atom is -0.497 e. The Labute approximate surface area is 245 Å². The van der Waals surface area contributed by atoms with Crippen LogP contribution in [0, 0.1) is 6.92 Å². The predicted octanol–water partition coefficient (Wildman–Crippen LogP) is 9.12. The highest BCUT2D eigenvalue weighted by Gasteiger charge is 2.11. The van der Waals surface area contributed by atoms with E-state index in [1.54, 1.807) is 18.4 Å². The van der Waals surface area contributed by atoms with Crippen molar-refractivity contribution in [1.29, 1.82) is 0 Å². The number of benzene rings is 2. The van der Waals surface area contributed by atoms with Gasteiger partial charge in [0, 0.05) is 17.3 Å². The Morgan fingerprint density at radius 1 is 0.850 bits per heavy atom. The Balaban J connectivity index is 1.37. The minimum absolute atomic E-state index is 0.309. The topological polar surface area (TPSA) is 63.5 Å². The summed E-state index contributed by atoms with van der Waals surface area (Å²) in [6.45, 7) is 5.79. The average molecular weight is 567 g/mol. The molecule has 0 saturated carbocycles. The zero-order chi connectivity index (χ0) is 28.4. The second-order valence-corrected chi connectivity index (χ2v) is 11.6. The molecule has 40 heavy (non-hydrogen) atoms. The van der Waals surface area contributed by atoms with Crippen molar-refractivity contribution in [3.63, 3.8) is 0 Å². The van der Waals surface area contributed by atoms with Crippen molar-refractivity contribution in [2.75, 3.05) is 24.4 Å². The number of anilines is 2. The molecule has 7 heteroatoms. The molecular formula is C33H48N3O3S+. The minimum atomic E-state index is -0.309. The monoisotopic (exact) mass is 566 g/mol. The number of hydrogen-bond acceptors (Lipinski definition) is 4. The van der Waals surface area contributed by atoms with E-state index in [1.807, 2.05) is 42.5 Å². The first kappa shape index (κ1) is 31.5. The molecule has 0 atom stereocenters. The fraction of sp³-hybridized carbons (Fsp3) is 0.515. The normalized spacial score (nSPS) is 10.9. The zero-order valence-electron chi connectivity index (χ0n) is 24.7. The number of carbonyl (C=O) groups excluding carboxylic acids is 1. The first-order valence-corrected chi connectivity index (χ1v) is 15.9.